The molecular formula is C18H22O2. The van der Waals surface area contributed by atoms with Gasteiger partial charge in [0.25, 0.3) is 0 Å². The summed E-state index contributed by atoms with van der Waals surface area (Å²) in [5.74, 6) is 2.78. The van der Waals surface area contributed by atoms with Gasteiger partial charge in [-0.3, -0.25) is 4.79 Å². The maximum atomic E-state index is 12.3. The van der Waals surface area contributed by atoms with Crippen LogP contribution in [-0.2, 0) is 11.2 Å². The predicted octanol–water partition coefficient (Wildman–Crippen LogP) is 3.82. The van der Waals surface area contributed by atoms with E-state index in [2.05, 4.69) is 13.0 Å². The van der Waals surface area contributed by atoms with Crippen LogP contribution < -0.4 is 0 Å². The summed E-state index contributed by atoms with van der Waals surface area (Å²) in [5.41, 5.74) is 2.75. The van der Waals surface area contributed by atoms with Crippen molar-refractivity contribution in [1.29, 1.82) is 0 Å². The summed E-state index contributed by atoms with van der Waals surface area (Å²) in [6, 6.07) is 5.90. The zero-order valence-electron chi connectivity index (χ0n) is 12.1. The Labute approximate surface area is 120 Å². The van der Waals surface area contributed by atoms with Crippen LogP contribution in [0.15, 0.2) is 18.2 Å². The van der Waals surface area contributed by atoms with Gasteiger partial charge in [0.1, 0.15) is 11.5 Å². The Bertz CT molecular complexity index is 577. The monoisotopic (exact) mass is 270 g/mol. The third-order valence-electron chi connectivity index (χ3n) is 6.42. The Balaban J connectivity index is 1.73. The topological polar surface area (TPSA) is 37.3 Å². The molecule has 1 aromatic rings. The molecule has 0 spiro atoms. The molecule has 0 bridgehead atoms. The number of fused-ring (bicyclic) bond motifs is 5. The molecule has 4 atom stereocenters. The number of aromatic hydroxyl groups is 1. The zero-order valence-corrected chi connectivity index (χ0v) is 12.1. The summed E-state index contributed by atoms with van der Waals surface area (Å²) in [6.07, 6.45) is 6.34. The third kappa shape index (κ3) is 1.54. The van der Waals surface area contributed by atoms with E-state index in [-0.39, 0.29) is 5.41 Å². The normalized spacial score (nSPS) is 39.0. The lowest BCUT2D eigenvalue weighted by Gasteiger charge is -2.48. The van der Waals surface area contributed by atoms with Crippen molar-refractivity contribution >= 4 is 5.78 Å². The minimum Gasteiger partial charge on any atom is -0.508 e. The number of phenolic OH excluding ortho intramolecular Hbond substituents is 1. The van der Waals surface area contributed by atoms with Gasteiger partial charge in [-0.1, -0.05) is 13.0 Å². The Morgan fingerprint density at radius 3 is 2.90 bits per heavy atom. The lowest BCUT2D eigenvalue weighted by atomic mass is 9.55. The molecule has 1 N–H and O–H groups in total. The van der Waals surface area contributed by atoms with Crippen molar-refractivity contribution < 1.29 is 9.90 Å². The highest BCUT2D eigenvalue weighted by Gasteiger charge is 2.54. The van der Waals surface area contributed by atoms with Gasteiger partial charge in [-0.25, -0.2) is 0 Å². The second kappa shape index (κ2) is 4.09. The molecule has 3 aliphatic rings. The van der Waals surface area contributed by atoms with Crippen molar-refractivity contribution in [3.8, 4) is 5.75 Å². The van der Waals surface area contributed by atoms with E-state index in [0.717, 1.165) is 32.1 Å². The maximum absolute atomic E-state index is 12.3. The van der Waals surface area contributed by atoms with Gasteiger partial charge in [-0.05, 0) is 73.1 Å². The van der Waals surface area contributed by atoms with Crippen LogP contribution in [0, 0.1) is 17.3 Å². The molecule has 4 rings (SSSR count). The number of carbonyl (C=O) groups is 1. The first kappa shape index (κ1) is 12.4. The molecule has 0 saturated heterocycles. The smallest absolute Gasteiger partial charge is 0.139 e. The van der Waals surface area contributed by atoms with Gasteiger partial charge in [0, 0.05) is 11.8 Å². The van der Waals surface area contributed by atoms with Crippen molar-refractivity contribution in [3.63, 3.8) is 0 Å². The third-order valence-corrected chi connectivity index (χ3v) is 6.42. The number of benzene rings is 1. The van der Waals surface area contributed by atoms with Gasteiger partial charge in [-0.2, -0.15) is 0 Å². The number of Topliss-reactive ketones (excluding diaryl/α,β-unsaturated/α-hetero) is 1. The van der Waals surface area contributed by atoms with Gasteiger partial charge in [0.05, 0.1) is 0 Å². The first-order valence-corrected chi connectivity index (χ1v) is 7.95. The van der Waals surface area contributed by atoms with Crippen molar-refractivity contribution in [2.45, 2.75) is 51.4 Å². The average Bonchev–Trinajstić information content (AvgIpc) is 2.74. The van der Waals surface area contributed by atoms with Gasteiger partial charge in [-0.15, -0.1) is 0 Å². The highest BCUT2D eigenvalue weighted by molar-refractivity contribution is 5.87. The van der Waals surface area contributed by atoms with E-state index in [0.29, 0.717) is 29.3 Å². The van der Waals surface area contributed by atoms with Crippen LogP contribution in [0.5, 0.6) is 5.75 Å². The molecule has 2 fully saturated rings. The van der Waals surface area contributed by atoms with Crippen LogP contribution in [0.3, 0.4) is 0 Å². The Hall–Kier alpha value is -1.31. The van der Waals surface area contributed by atoms with E-state index in [1.54, 1.807) is 0 Å². The summed E-state index contributed by atoms with van der Waals surface area (Å²) < 4.78 is 0. The molecule has 0 radical (unpaired) electrons. The van der Waals surface area contributed by atoms with Crippen LogP contribution >= 0.6 is 0 Å². The van der Waals surface area contributed by atoms with Crippen molar-refractivity contribution in [2.24, 2.45) is 17.3 Å². The fraction of sp³-hybridized carbons (Fsp3) is 0.611. The van der Waals surface area contributed by atoms with Crippen LogP contribution in [0.2, 0.25) is 0 Å². The minimum absolute atomic E-state index is 0.0322. The first-order valence-electron chi connectivity index (χ1n) is 7.95. The summed E-state index contributed by atoms with van der Waals surface area (Å²) in [7, 11) is 0. The van der Waals surface area contributed by atoms with Crippen molar-refractivity contribution in [2.75, 3.05) is 0 Å². The average molecular weight is 270 g/mol. The molecule has 2 saturated carbocycles. The molecule has 0 heterocycles. The number of aryl methyl sites for hydroxylation is 1. The molecule has 0 aliphatic heterocycles. The van der Waals surface area contributed by atoms with Gasteiger partial charge < -0.3 is 5.11 Å². The van der Waals surface area contributed by atoms with E-state index < -0.39 is 0 Å². The lowest BCUT2D eigenvalue weighted by Crippen LogP contribution is -2.42. The van der Waals surface area contributed by atoms with E-state index in [4.69, 9.17) is 0 Å². The molecule has 3 unspecified atom stereocenters. The summed E-state index contributed by atoms with van der Waals surface area (Å²) >= 11 is 0. The number of hydrogen-bond acceptors (Lipinski definition) is 2. The molecule has 3 aliphatic carbocycles. The number of ketones is 1. The minimum atomic E-state index is -0.0322. The SMILES string of the molecule is C[C@@]12CCC3c4ccc(O)cc4CCC3C1CCC2=O. The van der Waals surface area contributed by atoms with E-state index in [1.807, 2.05) is 12.1 Å². The van der Waals surface area contributed by atoms with Crippen molar-refractivity contribution in [3.05, 3.63) is 29.3 Å². The zero-order chi connectivity index (χ0) is 13.9. The standard InChI is InChI=1S/C18H22O2/c1-18-9-8-14-13-5-3-12(19)10-11(13)2-4-15(14)16(18)6-7-17(18)20/h3,5,10,14-16,19H,2,4,6-9H2,1H3/t14?,15?,16?,18-/m1/s1. The van der Waals surface area contributed by atoms with E-state index in [1.165, 1.54) is 17.5 Å². The number of hydrogen-bond donors (Lipinski definition) is 1. The number of rotatable bonds is 0. The Morgan fingerprint density at radius 1 is 1.20 bits per heavy atom. The van der Waals surface area contributed by atoms with Crippen LogP contribution in [0.25, 0.3) is 0 Å². The van der Waals surface area contributed by atoms with Crippen LogP contribution in [-0.4, -0.2) is 10.9 Å². The van der Waals surface area contributed by atoms with Gasteiger partial charge in [0.2, 0.25) is 0 Å². The largest absolute Gasteiger partial charge is 0.508 e. The van der Waals surface area contributed by atoms with Crippen LogP contribution in [0.4, 0.5) is 0 Å². The molecule has 0 amide bonds. The summed E-state index contributed by atoms with van der Waals surface area (Å²) in [6.45, 7) is 2.22. The molecular weight excluding hydrogens is 248 g/mol. The summed E-state index contributed by atoms with van der Waals surface area (Å²) in [5, 5.41) is 9.67. The second-order valence-corrected chi connectivity index (χ2v) is 7.22. The highest BCUT2D eigenvalue weighted by Crippen LogP contribution is 2.59. The second-order valence-electron chi connectivity index (χ2n) is 7.22. The Kier molecular flexibility index (Phi) is 2.55. The lowest BCUT2D eigenvalue weighted by molar-refractivity contribution is -0.129. The van der Waals surface area contributed by atoms with E-state index >= 15 is 0 Å². The summed E-state index contributed by atoms with van der Waals surface area (Å²) in [4.78, 5) is 12.3. The van der Waals surface area contributed by atoms with Crippen LogP contribution in [0.1, 0.15) is 56.1 Å². The number of carbonyl (C=O) groups excluding carboxylic acids is 1. The molecule has 2 nitrogen and oxygen atoms in total. The first-order chi connectivity index (χ1) is 9.59. The van der Waals surface area contributed by atoms with Crippen molar-refractivity contribution in [1.82, 2.24) is 0 Å². The molecule has 2 heteroatoms. The highest BCUT2D eigenvalue weighted by atomic mass is 16.3. The van der Waals surface area contributed by atoms with E-state index in [9.17, 15) is 9.90 Å². The molecule has 1 aromatic carbocycles. The van der Waals surface area contributed by atoms with Gasteiger partial charge in [0.15, 0.2) is 0 Å². The predicted molar refractivity (Wildman–Crippen MR) is 77.7 cm³/mol. The molecule has 106 valence electrons. The molecule has 20 heavy (non-hydrogen) atoms. The fourth-order valence-corrected chi connectivity index (χ4v) is 5.34. The number of phenols is 1. The van der Waals surface area contributed by atoms with Gasteiger partial charge >= 0.3 is 0 Å². The quantitative estimate of drug-likeness (QED) is 0.778. The molecule has 0 aromatic heterocycles. The maximum Gasteiger partial charge on any atom is 0.139 e. The fourth-order valence-electron chi connectivity index (χ4n) is 5.34. The Morgan fingerprint density at radius 2 is 2.05 bits per heavy atom.